The van der Waals surface area contributed by atoms with E-state index in [1.165, 1.54) is 6.20 Å². The van der Waals surface area contributed by atoms with Gasteiger partial charge in [-0.1, -0.05) is 20.8 Å². The number of sulfonamides is 1. The topological polar surface area (TPSA) is 99.3 Å². The Hall–Kier alpha value is -1.34. The molecule has 0 amide bonds. The Kier molecular flexibility index (Phi) is 4.75. The number of aromatic carboxylic acids is 1. The number of carbonyl (C=O) groups is 1. The fourth-order valence-electron chi connectivity index (χ4n) is 1.96. The van der Waals surface area contributed by atoms with Crippen LogP contribution in [0.4, 0.5) is 0 Å². The molecule has 7 heteroatoms. The summed E-state index contributed by atoms with van der Waals surface area (Å²) in [5.74, 6) is -1.19. The Morgan fingerprint density at radius 2 is 1.84 bits per heavy atom. The standard InChI is InChI=1S/C12H20N2O4S/c1-4-12(5-2,6-3)14-19(17,18)9-7-10(11(15)16)13-8-9/h7-8,13-14H,4-6H2,1-3H3,(H,15,16). The van der Waals surface area contributed by atoms with E-state index in [-0.39, 0.29) is 10.6 Å². The normalized spacial score (nSPS) is 12.6. The molecule has 0 unspecified atom stereocenters. The number of carboxylic acid groups (broad SMARTS) is 1. The Bertz CT molecular complexity index is 536. The van der Waals surface area contributed by atoms with E-state index >= 15 is 0 Å². The van der Waals surface area contributed by atoms with Crippen molar-refractivity contribution in [1.82, 2.24) is 9.71 Å². The average molecular weight is 288 g/mol. The van der Waals surface area contributed by atoms with Crippen LogP contribution in [0, 0.1) is 0 Å². The number of H-pyrrole nitrogens is 1. The third-order valence-corrected chi connectivity index (χ3v) is 5.14. The molecule has 0 aromatic carbocycles. The van der Waals surface area contributed by atoms with Crippen LogP contribution < -0.4 is 4.72 Å². The van der Waals surface area contributed by atoms with Crippen molar-refractivity contribution < 1.29 is 18.3 Å². The summed E-state index contributed by atoms with van der Waals surface area (Å²) in [5.41, 5.74) is -0.630. The SMILES string of the molecule is CCC(CC)(CC)NS(=O)(=O)c1c[nH]c(C(=O)O)c1. The van der Waals surface area contributed by atoms with Crippen LogP contribution in [-0.2, 0) is 10.0 Å². The first-order chi connectivity index (χ1) is 8.80. The van der Waals surface area contributed by atoms with Crippen molar-refractivity contribution in [3.63, 3.8) is 0 Å². The van der Waals surface area contributed by atoms with Crippen molar-refractivity contribution >= 4 is 16.0 Å². The van der Waals surface area contributed by atoms with Gasteiger partial charge in [0.2, 0.25) is 10.0 Å². The molecule has 0 bridgehead atoms. The van der Waals surface area contributed by atoms with Crippen LogP contribution >= 0.6 is 0 Å². The smallest absolute Gasteiger partial charge is 0.352 e. The van der Waals surface area contributed by atoms with Gasteiger partial charge in [-0.05, 0) is 25.3 Å². The van der Waals surface area contributed by atoms with Crippen LogP contribution in [-0.4, -0.2) is 30.0 Å². The van der Waals surface area contributed by atoms with Crippen molar-refractivity contribution in [2.24, 2.45) is 0 Å². The predicted octanol–water partition coefficient (Wildman–Crippen LogP) is 1.96. The van der Waals surface area contributed by atoms with Crippen LogP contribution in [0.25, 0.3) is 0 Å². The largest absolute Gasteiger partial charge is 0.477 e. The van der Waals surface area contributed by atoms with E-state index < -0.39 is 21.5 Å². The first kappa shape index (κ1) is 15.7. The van der Waals surface area contributed by atoms with Gasteiger partial charge in [0.25, 0.3) is 0 Å². The van der Waals surface area contributed by atoms with Crippen molar-refractivity contribution in [1.29, 1.82) is 0 Å². The van der Waals surface area contributed by atoms with E-state index in [0.29, 0.717) is 19.3 Å². The zero-order valence-corrected chi connectivity index (χ0v) is 12.2. The highest BCUT2D eigenvalue weighted by Crippen LogP contribution is 2.23. The maximum absolute atomic E-state index is 12.2. The highest BCUT2D eigenvalue weighted by Gasteiger charge is 2.31. The van der Waals surface area contributed by atoms with Crippen LogP contribution in [0.5, 0.6) is 0 Å². The molecule has 1 rings (SSSR count). The maximum Gasteiger partial charge on any atom is 0.352 e. The molecule has 108 valence electrons. The lowest BCUT2D eigenvalue weighted by atomic mass is 9.91. The zero-order chi connectivity index (χ0) is 14.7. The van der Waals surface area contributed by atoms with E-state index in [1.54, 1.807) is 0 Å². The molecule has 1 heterocycles. The molecule has 0 atom stereocenters. The molecule has 0 saturated heterocycles. The predicted molar refractivity (Wildman–Crippen MR) is 71.7 cm³/mol. The summed E-state index contributed by atoms with van der Waals surface area (Å²) in [5, 5.41) is 8.79. The van der Waals surface area contributed by atoms with Crippen molar-refractivity contribution in [3.8, 4) is 0 Å². The third kappa shape index (κ3) is 3.36. The molecule has 1 aromatic rings. The lowest BCUT2D eigenvalue weighted by Crippen LogP contribution is -2.46. The van der Waals surface area contributed by atoms with Gasteiger partial charge in [0.15, 0.2) is 0 Å². The monoisotopic (exact) mass is 288 g/mol. The minimum Gasteiger partial charge on any atom is -0.477 e. The average Bonchev–Trinajstić information content (AvgIpc) is 2.86. The van der Waals surface area contributed by atoms with E-state index in [9.17, 15) is 13.2 Å². The number of carboxylic acids is 1. The molecular formula is C12H20N2O4S. The molecule has 0 fully saturated rings. The summed E-state index contributed by atoms with van der Waals surface area (Å²) in [7, 11) is -3.71. The summed E-state index contributed by atoms with van der Waals surface area (Å²) in [6, 6.07) is 1.12. The van der Waals surface area contributed by atoms with Gasteiger partial charge in [0.05, 0.1) is 0 Å². The van der Waals surface area contributed by atoms with Gasteiger partial charge in [-0.25, -0.2) is 17.9 Å². The molecule has 0 aliphatic carbocycles. The molecule has 3 N–H and O–H groups in total. The van der Waals surface area contributed by atoms with Gasteiger partial charge in [0, 0.05) is 11.7 Å². The number of rotatable bonds is 7. The molecule has 1 aromatic heterocycles. The first-order valence-electron chi connectivity index (χ1n) is 6.26. The molecule has 19 heavy (non-hydrogen) atoms. The van der Waals surface area contributed by atoms with Crippen LogP contribution in [0.2, 0.25) is 0 Å². The Morgan fingerprint density at radius 1 is 1.32 bits per heavy atom. The van der Waals surface area contributed by atoms with E-state index in [2.05, 4.69) is 9.71 Å². The second kappa shape index (κ2) is 5.75. The minimum atomic E-state index is -3.71. The Labute approximate surface area is 113 Å². The van der Waals surface area contributed by atoms with Gasteiger partial charge < -0.3 is 10.1 Å². The Morgan fingerprint density at radius 3 is 2.21 bits per heavy atom. The van der Waals surface area contributed by atoms with Gasteiger partial charge in [-0.15, -0.1) is 0 Å². The first-order valence-corrected chi connectivity index (χ1v) is 7.74. The number of nitrogens with one attached hydrogen (secondary N) is 2. The van der Waals surface area contributed by atoms with Gasteiger partial charge in [-0.3, -0.25) is 0 Å². The molecule has 0 aliphatic heterocycles. The molecule has 0 radical (unpaired) electrons. The van der Waals surface area contributed by atoms with Gasteiger partial charge in [0.1, 0.15) is 10.6 Å². The van der Waals surface area contributed by atoms with Gasteiger partial charge in [-0.2, -0.15) is 0 Å². The summed E-state index contributed by atoms with van der Waals surface area (Å²) in [6.45, 7) is 5.78. The van der Waals surface area contributed by atoms with Crippen molar-refractivity contribution in [2.75, 3.05) is 0 Å². The number of aromatic nitrogens is 1. The zero-order valence-electron chi connectivity index (χ0n) is 11.4. The third-order valence-electron chi connectivity index (χ3n) is 3.58. The van der Waals surface area contributed by atoms with E-state index in [1.807, 2.05) is 20.8 Å². The van der Waals surface area contributed by atoms with Crippen LogP contribution in [0.15, 0.2) is 17.2 Å². The van der Waals surface area contributed by atoms with E-state index in [0.717, 1.165) is 6.07 Å². The highest BCUT2D eigenvalue weighted by molar-refractivity contribution is 7.89. The number of hydrogen-bond donors (Lipinski definition) is 3. The summed E-state index contributed by atoms with van der Waals surface area (Å²) in [4.78, 5) is 13.1. The molecule has 0 saturated carbocycles. The number of hydrogen-bond acceptors (Lipinski definition) is 3. The van der Waals surface area contributed by atoms with Crippen LogP contribution in [0.3, 0.4) is 0 Å². The maximum atomic E-state index is 12.2. The van der Waals surface area contributed by atoms with Crippen molar-refractivity contribution in [2.45, 2.75) is 50.5 Å². The molecule has 0 aliphatic rings. The fourth-order valence-corrected chi connectivity index (χ4v) is 3.57. The second-order valence-corrected chi connectivity index (χ2v) is 6.18. The fraction of sp³-hybridized carbons (Fsp3) is 0.583. The summed E-state index contributed by atoms with van der Waals surface area (Å²) in [6.07, 6.45) is 3.22. The molecule has 6 nitrogen and oxygen atoms in total. The Balaban J connectivity index is 3.06. The molecule has 0 spiro atoms. The lowest BCUT2D eigenvalue weighted by Gasteiger charge is -2.31. The van der Waals surface area contributed by atoms with E-state index in [4.69, 9.17) is 5.11 Å². The quantitative estimate of drug-likeness (QED) is 0.714. The molecular weight excluding hydrogens is 268 g/mol. The summed E-state index contributed by atoms with van der Waals surface area (Å²) < 4.78 is 27.2. The van der Waals surface area contributed by atoms with Gasteiger partial charge >= 0.3 is 5.97 Å². The lowest BCUT2D eigenvalue weighted by molar-refractivity contribution is 0.0691. The number of aromatic amines is 1. The highest BCUT2D eigenvalue weighted by atomic mass is 32.2. The van der Waals surface area contributed by atoms with Crippen molar-refractivity contribution in [3.05, 3.63) is 18.0 Å². The minimum absolute atomic E-state index is 0.0513. The summed E-state index contributed by atoms with van der Waals surface area (Å²) >= 11 is 0. The second-order valence-electron chi connectivity index (χ2n) is 4.50. The van der Waals surface area contributed by atoms with Crippen LogP contribution in [0.1, 0.15) is 50.5 Å².